The van der Waals surface area contributed by atoms with Crippen LogP contribution in [0.15, 0.2) is 57.8 Å². The molecule has 4 rings (SSSR count). The summed E-state index contributed by atoms with van der Waals surface area (Å²) in [5.74, 6) is 1.82. The van der Waals surface area contributed by atoms with Gasteiger partial charge < -0.3 is 19.4 Å². The predicted molar refractivity (Wildman–Crippen MR) is 132 cm³/mol. The first-order valence-corrected chi connectivity index (χ1v) is 12.6. The van der Waals surface area contributed by atoms with Gasteiger partial charge in [-0.1, -0.05) is 11.6 Å². The SMILES string of the molecule is COc1ccc(N2CC(C)NC(C)C2)cc1NS(=O)(=O)c1ccc(-c2ccc(C)o2)cc1Cl. The molecule has 2 heterocycles. The van der Waals surface area contributed by atoms with Crippen molar-refractivity contribution >= 4 is 33.0 Å². The minimum atomic E-state index is -3.96. The Bertz CT molecular complexity index is 1250. The summed E-state index contributed by atoms with van der Waals surface area (Å²) < 4.78 is 40.2. The third-order valence-corrected chi connectivity index (χ3v) is 7.44. The van der Waals surface area contributed by atoms with Crippen molar-refractivity contribution in [3.8, 4) is 17.1 Å². The highest BCUT2D eigenvalue weighted by atomic mass is 35.5. The summed E-state index contributed by atoms with van der Waals surface area (Å²) in [6.45, 7) is 7.75. The summed E-state index contributed by atoms with van der Waals surface area (Å²) in [4.78, 5) is 2.21. The van der Waals surface area contributed by atoms with Gasteiger partial charge in [0, 0.05) is 36.4 Å². The summed E-state index contributed by atoms with van der Waals surface area (Å²) in [5.41, 5.74) is 1.98. The van der Waals surface area contributed by atoms with Crippen LogP contribution in [0.25, 0.3) is 11.3 Å². The molecule has 2 aromatic carbocycles. The second-order valence-corrected chi connectivity index (χ2v) is 10.5. The fourth-order valence-electron chi connectivity index (χ4n) is 4.17. The highest BCUT2D eigenvalue weighted by Gasteiger charge is 2.24. The largest absolute Gasteiger partial charge is 0.495 e. The number of nitrogens with zero attached hydrogens (tertiary/aromatic N) is 1. The number of aryl methyl sites for hydroxylation is 1. The number of ether oxygens (including phenoxy) is 1. The molecule has 0 bridgehead atoms. The fourth-order valence-corrected chi connectivity index (χ4v) is 5.78. The van der Waals surface area contributed by atoms with Crippen LogP contribution in [0, 0.1) is 6.92 Å². The van der Waals surface area contributed by atoms with Crippen molar-refractivity contribution in [2.75, 3.05) is 29.8 Å². The molecule has 1 fully saturated rings. The third-order valence-electron chi connectivity index (χ3n) is 5.60. The van der Waals surface area contributed by atoms with Gasteiger partial charge in [0.2, 0.25) is 0 Å². The molecule has 1 saturated heterocycles. The molecule has 1 aliphatic heterocycles. The van der Waals surface area contributed by atoms with Gasteiger partial charge in [0.25, 0.3) is 10.0 Å². The standard InChI is InChI=1S/C24H28ClN3O4S/c1-15-13-28(14-16(2)26-15)19-7-9-23(31-4)21(12-19)27-33(29,30)24-10-6-18(11-20(24)25)22-8-5-17(3)32-22/h5-12,15-16,26-27H,13-14H2,1-4H3. The lowest BCUT2D eigenvalue weighted by Crippen LogP contribution is -2.54. The zero-order valence-corrected chi connectivity index (χ0v) is 20.6. The second-order valence-electron chi connectivity index (χ2n) is 8.42. The Morgan fingerprint density at radius 2 is 1.82 bits per heavy atom. The summed E-state index contributed by atoms with van der Waals surface area (Å²) in [6, 6.07) is 14.6. The number of methoxy groups -OCH3 is 1. The van der Waals surface area contributed by atoms with Crippen LogP contribution < -0.4 is 19.7 Å². The quantitative estimate of drug-likeness (QED) is 0.512. The molecule has 33 heavy (non-hydrogen) atoms. The number of sulfonamides is 1. The van der Waals surface area contributed by atoms with E-state index in [1.54, 1.807) is 24.3 Å². The Kier molecular flexibility index (Phi) is 6.61. The molecule has 2 atom stereocenters. The minimum absolute atomic E-state index is 0.0203. The highest BCUT2D eigenvalue weighted by Crippen LogP contribution is 2.34. The Hall–Kier alpha value is -2.68. The van der Waals surface area contributed by atoms with E-state index in [2.05, 4.69) is 28.8 Å². The monoisotopic (exact) mass is 489 g/mol. The Morgan fingerprint density at radius 1 is 1.09 bits per heavy atom. The number of anilines is 2. The van der Waals surface area contributed by atoms with Crippen LogP contribution in [0.5, 0.6) is 5.75 Å². The second kappa shape index (κ2) is 9.29. The van der Waals surface area contributed by atoms with Crippen molar-refractivity contribution in [1.29, 1.82) is 0 Å². The van der Waals surface area contributed by atoms with E-state index < -0.39 is 10.0 Å². The van der Waals surface area contributed by atoms with Gasteiger partial charge >= 0.3 is 0 Å². The molecule has 1 aromatic heterocycles. The van der Waals surface area contributed by atoms with Gasteiger partial charge in [-0.2, -0.15) is 0 Å². The van der Waals surface area contributed by atoms with Crippen LogP contribution in [-0.2, 0) is 10.0 Å². The van der Waals surface area contributed by atoms with E-state index in [0.717, 1.165) is 24.5 Å². The first kappa shape index (κ1) is 23.5. The van der Waals surface area contributed by atoms with Crippen molar-refractivity contribution in [3.05, 3.63) is 59.3 Å². The predicted octanol–water partition coefficient (Wildman–Crippen LogP) is 4.90. The van der Waals surface area contributed by atoms with Crippen molar-refractivity contribution in [2.24, 2.45) is 0 Å². The number of halogens is 1. The lowest BCUT2D eigenvalue weighted by molar-refractivity contribution is 0.406. The first-order chi connectivity index (χ1) is 15.7. The first-order valence-electron chi connectivity index (χ1n) is 10.7. The molecule has 9 heteroatoms. The molecule has 7 nitrogen and oxygen atoms in total. The van der Waals surface area contributed by atoms with Gasteiger partial charge in [-0.15, -0.1) is 0 Å². The van der Waals surface area contributed by atoms with Gasteiger partial charge in [0.1, 0.15) is 22.2 Å². The molecule has 1 aliphatic rings. The van der Waals surface area contributed by atoms with E-state index in [9.17, 15) is 8.42 Å². The van der Waals surface area contributed by atoms with Gasteiger partial charge in [0.05, 0.1) is 17.8 Å². The number of piperazine rings is 1. The summed E-state index contributed by atoms with van der Waals surface area (Å²) in [5, 5.41) is 3.61. The van der Waals surface area contributed by atoms with Crippen molar-refractivity contribution in [2.45, 2.75) is 37.8 Å². The molecule has 0 amide bonds. The normalized spacial score (nSPS) is 18.9. The summed E-state index contributed by atoms with van der Waals surface area (Å²) in [7, 11) is -2.45. The smallest absolute Gasteiger partial charge is 0.263 e. The number of hydrogen-bond donors (Lipinski definition) is 2. The van der Waals surface area contributed by atoms with Gasteiger partial charge in [-0.3, -0.25) is 4.72 Å². The van der Waals surface area contributed by atoms with Gasteiger partial charge in [-0.05, 0) is 69.3 Å². The lowest BCUT2D eigenvalue weighted by atomic mass is 10.1. The van der Waals surface area contributed by atoms with Gasteiger partial charge in [0.15, 0.2) is 0 Å². The molecule has 0 spiro atoms. The molecule has 0 saturated carbocycles. The number of furan rings is 1. The summed E-state index contributed by atoms with van der Waals surface area (Å²) in [6.07, 6.45) is 0. The average molecular weight is 490 g/mol. The van der Waals surface area contributed by atoms with Crippen LogP contribution in [-0.4, -0.2) is 40.7 Å². The maximum atomic E-state index is 13.2. The van der Waals surface area contributed by atoms with E-state index in [1.165, 1.54) is 13.2 Å². The molecule has 3 aromatic rings. The van der Waals surface area contributed by atoms with E-state index >= 15 is 0 Å². The van der Waals surface area contributed by atoms with Crippen LogP contribution >= 0.6 is 11.6 Å². The van der Waals surface area contributed by atoms with E-state index in [0.29, 0.717) is 34.8 Å². The molecule has 0 radical (unpaired) electrons. The van der Waals surface area contributed by atoms with Crippen molar-refractivity contribution < 1.29 is 17.6 Å². The number of rotatable bonds is 6. The van der Waals surface area contributed by atoms with Gasteiger partial charge in [-0.25, -0.2) is 8.42 Å². The Morgan fingerprint density at radius 3 is 2.42 bits per heavy atom. The van der Waals surface area contributed by atoms with Crippen molar-refractivity contribution in [1.82, 2.24) is 5.32 Å². The third kappa shape index (κ3) is 5.13. The number of hydrogen-bond acceptors (Lipinski definition) is 6. The molecule has 176 valence electrons. The van der Waals surface area contributed by atoms with Crippen LogP contribution in [0.4, 0.5) is 11.4 Å². The minimum Gasteiger partial charge on any atom is -0.495 e. The molecule has 0 aliphatic carbocycles. The molecular weight excluding hydrogens is 462 g/mol. The number of nitrogens with one attached hydrogen (secondary N) is 2. The van der Waals surface area contributed by atoms with Crippen LogP contribution in [0.3, 0.4) is 0 Å². The van der Waals surface area contributed by atoms with E-state index in [4.69, 9.17) is 20.8 Å². The van der Waals surface area contributed by atoms with Crippen molar-refractivity contribution in [3.63, 3.8) is 0 Å². The van der Waals surface area contributed by atoms with Crippen LogP contribution in [0.1, 0.15) is 19.6 Å². The number of benzene rings is 2. The summed E-state index contributed by atoms with van der Waals surface area (Å²) >= 11 is 6.39. The topological polar surface area (TPSA) is 83.8 Å². The van der Waals surface area contributed by atoms with E-state index in [-0.39, 0.29) is 9.92 Å². The molecular formula is C24H28ClN3O4S. The molecule has 2 unspecified atom stereocenters. The zero-order chi connectivity index (χ0) is 23.8. The fraction of sp³-hybridized carbons (Fsp3) is 0.333. The Balaban J connectivity index is 1.63. The Labute approximate surface area is 199 Å². The highest BCUT2D eigenvalue weighted by molar-refractivity contribution is 7.92. The zero-order valence-electron chi connectivity index (χ0n) is 19.1. The van der Waals surface area contributed by atoms with E-state index in [1.807, 2.05) is 25.1 Å². The maximum absolute atomic E-state index is 13.2. The lowest BCUT2D eigenvalue weighted by Gasteiger charge is -2.38. The maximum Gasteiger partial charge on any atom is 0.263 e. The van der Waals surface area contributed by atoms with Crippen LogP contribution in [0.2, 0.25) is 5.02 Å². The average Bonchev–Trinajstić information content (AvgIpc) is 3.19. The molecule has 2 N–H and O–H groups in total.